The number of amides is 2. The maximum atomic E-state index is 12.0. The fourth-order valence-corrected chi connectivity index (χ4v) is 1.89. The number of aliphatic hydroxyl groups excluding tert-OH is 1. The predicted octanol–water partition coefficient (Wildman–Crippen LogP) is 0.0473. The van der Waals surface area contributed by atoms with Gasteiger partial charge in [0.15, 0.2) is 6.04 Å². The zero-order valence-corrected chi connectivity index (χ0v) is 15.6. The largest absolute Gasteiger partial charge is 0.467 e. The first-order chi connectivity index (χ1) is 11.5. The van der Waals surface area contributed by atoms with Gasteiger partial charge in [0.1, 0.15) is 5.60 Å². The summed E-state index contributed by atoms with van der Waals surface area (Å²) in [5.41, 5.74) is 5.22. The Kier molecular flexibility index (Phi) is 10.1. The molecule has 146 valence electrons. The van der Waals surface area contributed by atoms with Crippen molar-refractivity contribution in [1.29, 1.82) is 0 Å². The van der Waals surface area contributed by atoms with Gasteiger partial charge in [-0.05, 0) is 47.0 Å². The summed E-state index contributed by atoms with van der Waals surface area (Å²) in [6.07, 6.45) is 0.00294. The molecule has 9 heteroatoms. The standard InChI is InChI=1S/C16H31N3O6/c1-10(20)12(14(22)24-5)19-13(21)11(17)8-6-7-9-18-15(23)25-16(2,3)4/h10-12,20H,6-9,17H2,1-5H3,(H,18,23)(H,19,21)/t10-,11+,12+/m1/s1. The van der Waals surface area contributed by atoms with E-state index < -0.39 is 41.8 Å². The van der Waals surface area contributed by atoms with Crippen LogP contribution in [0, 0.1) is 0 Å². The Morgan fingerprint density at radius 2 is 1.80 bits per heavy atom. The van der Waals surface area contributed by atoms with E-state index in [0.717, 1.165) is 0 Å². The fraction of sp³-hybridized carbons (Fsp3) is 0.812. The van der Waals surface area contributed by atoms with Crippen LogP contribution in [0.2, 0.25) is 0 Å². The summed E-state index contributed by atoms with van der Waals surface area (Å²) >= 11 is 0. The molecule has 0 aliphatic rings. The quantitative estimate of drug-likeness (QED) is 0.336. The van der Waals surface area contributed by atoms with Crippen LogP contribution in [-0.2, 0) is 19.1 Å². The zero-order valence-electron chi connectivity index (χ0n) is 15.6. The monoisotopic (exact) mass is 361 g/mol. The van der Waals surface area contributed by atoms with Crippen LogP contribution in [0.15, 0.2) is 0 Å². The number of nitrogens with two attached hydrogens (primary N) is 1. The number of ether oxygens (including phenoxy) is 2. The molecule has 0 rings (SSSR count). The second-order valence-electron chi connectivity index (χ2n) is 6.78. The number of nitrogens with one attached hydrogen (secondary N) is 2. The molecule has 0 aromatic carbocycles. The molecule has 0 aromatic heterocycles. The number of aliphatic hydroxyl groups is 1. The molecule has 0 aromatic rings. The van der Waals surface area contributed by atoms with E-state index in [2.05, 4.69) is 15.4 Å². The van der Waals surface area contributed by atoms with Crippen molar-refractivity contribution in [1.82, 2.24) is 10.6 Å². The molecule has 0 spiro atoms. The highest BCUT2D eigenvalue weighted by molar-refractivity contribution is 5.87. The van der Waals surface area contributed by atoms with Crippen molar-refractivity contribution in [2.45, 2.75) is 70.7 Å². The van der Waals surface area contributed by atoms with Gasteiger partial charge in [-0.1, -0.05) is 0 Å². The van der Waals surface area contributed by atoms with Crippen LogP contribution in [0.25, 0.3) is 0 Å². The lowest BCUT2D eigenvalue weighted by Crippen LogP contribution is -2.53. The Morgan fingerprint density at radius 3 is 2.28 bits per heavy atom. The molecule has 9 nitrogen and oxygen atoms in total. The highest BCUT2D eigenvalue weighted by Crippen LogP contribution is 2.06. The van der Waals surface area contributed by atoms with Crippen molar-refractivity contribution in [3.8, 4) is 0 Å². The Balaban J connectivity index is 4.09. The van der Waals surface area contributed by atoms with Crippen LogP contribution in [0.5, 0.6) is 0 Å². The molecule has 0 aliphatic carbocycles. The van der Waals surface area contributed by atoms with Crippen LogP contribution in [-0.4, -0.2) is 60.5 Å². The van der Waals surface area contributed by atoms with Crippen molar-refractivity contribution >= 4 is 18.0 Å². The summed E-state index contributed by atoms with van der Waals surface area (Å²) in [7, 11) is 1.17. The number of carbonyl (C=O) groups is 3. The van der Waals surface area contributed by atoms with E-state index in [1.165, 1.54) is 14.0 Å². The fourth-order valence-electron chi connectivity index (χ4n) is 1.89. The summed E-state index contributed by atoms with van der Waals surface area (Å²) in [6, 6.07) is -1.98. The van der Waals surface area contributed by atoms with Crippen LogP contribution < -0.4 is 16.4 Å². The average molecular weight is 361 g/mol. The van der Waals surface area contributed by atoms with E-state index in [1.807, 2.05) is 0 Å². The second-order valence-corrected chi connectivity index (χ2v) is 6.78. The van der Waals surface area contributed by atoms with Crippen LogP contribution in [0.1, 0.15) is 47.0 Å². The number of hydrogen-bond donors (Lipinski definition) is 4. The van der Waals surface area contributed by atoms with Gasteiger partial charge in [-0.25, -0.2) is 9.59 Å². The second kappa shape index (κ2) is 10.9. The van der Waals surface area contributed by atoms with Gasteiger partial charge in [0, 0.05) is 6.54 Å². The van der Waals surface area contributed by atoms with Gasteiger partial charge in [-0.2, -0.15) is 0 Å². The summed E-state index contributed by atoms with van der Waals surface area (Å²) in [5, 5.41) is 14.5. The number of rotatable bonds is 9. The van der Waals surface area contributed by atoms with E-state index in [4.69, 9.17) is 10.5 Å². The number of esters is 1. The number of alkyl carbamates (subject to hydrolysis) is 1. The third kappa shape index (κ3) is 10.6. The van der Waals surface area contributed by atoms with Crippen LogP contribution >= 0.6 is 0 Å². The zero-order chi connectivity index (χ0) is 19.6. The molecule has 0 bridgehead atoms. The lowest BCUT2D eigenvalue weighted by atomic mass is 10.1. The van der Waals surface area contributed by atoms with E-state index >= 15 is 0 Å². The Labute approximate surface area is 148 Å². The lowest BCUT2D eigenvalue weighted by Gasteiger charge is -2.21. The van der Waals surface area contributed by atoms with Gasteiger partial charge in [0.05, 0.1) is 19.3 Å². The van der Waals surface area contributed by atoms with Gasteiger partial charge in [0.2, 0.25) is 5.91 Å². The van der Waals surface area contributed by atoms with E-state index in [0.29, 0.717) is 25.8 Å². The SMILES string of the molecule is COC(=O)[C@@H](NC(=O)[C@@H](N)CCCCNC(=O)OC(C)(C)C)[C@@H](C)O. The van der Waals surface area contributed by atoms with Crippen molar-refractivity contribution < 1.29 is 29.0 Å². The maximum absolute atomic E-state index is 12.0. The highest BCUT2D eigenvalue weighted by Gasteiger charge is 2.28. The third-order valence-electron chi connectivity index (χ3n) is 3.18. The minimum absolute atomic E-state index is 0.371. The van der Waals surface area contributed by atoms with E-state index in [-0.39, 0.29) is 0 Å². The first-order valence-electron chi connectivity index (χ1n) is 8.26. The Bertz CT molecular complexity index is 448. The molecule has 2 amide bonds. The molecule has 0 heterocycles. The molecule has 0 radical (unpaired) electrons. The van der Waals surface area contributed by atoms with Gasteiger partial charge in [-0.3, -0.25) is 4.79 Å². The average Bonchev–Trinajstić information content (AvgIpc) is 2.48. The molecule has 0 unspecified atom stereocenters. The first-order valence-corrected chi connectivity index (χ1v) is 8.26. The Morgan fingerprint density at radius 1 is 1.20 bits per heavy atom. The number of unbranched alkanes of at least 4 members (excludes halogenated alkanes) is 1. The van der Waals surface area contributed by atoms with E-state index in [9.17, 15) is 19.5 Å². The van der Waals surface area contributed by atoms with Crippen molar-refractivity contribution in [3.05, 3.63) is 0 Å². The Hall–Kier alpha value is -1.87. The van der Waals surface area contributed by atoms with Gasteiger partial charge >= 0.3 is 12.1 Å². The minimum Gasteiger partial charge on any atom is -0.467 e. The third-order valence-corrected chi connectivity index (χ3v) is 3.18. The lowest BCUT2D eigenvalue weighted by molar-refractivity contribution is -0.148. The molecule has 0 saturated carbocycles. The molecule has 0 aliphatic heterocycles. The van der Waals surface area contributed by atoms with Crippen LogP contribution in [0.3, 0.4) is 0 Å². The van der Waals surface area contributed by atoms with Gasteiger partial charge < -0.3 is 30.9 Å². The predicted molar refractivity (Wildman–Crippen MR) is 91.7 cm³/mol. The van der Waals surface area contributed by atoms with Gasteiger partial charge in [0.25, 0.3) is 0 Å². The number of methoxy groups -OCH3 is 1. The molecule has 25 heavy (non-hydrogen) atoms. The number of hydrogen-bond acceptors (Lipinski definition) is 7. The normalized spacial score (nSPS) is 14.8. The van der Waals surface area contributed by atoms with Crippen molar-refractivity contribution in [3.63, 3.8) is 0 Å². The van der Waals surface area contributed by atoms with E-state index in [1.54, 1.807) is 20.8 Å². The minimum atomic E-state index is -1.16. The summed E-state index contributed by atoms with van der Waals surface area (Å²) in [5.74, 6) is -1.28. The molecular formula is C16H31N3O6. The molecule has 0 saturated heterocycles. The topological polar surface area (TPSA) is 140 Å². The highest BCUT2D eigenvalue weighted by atomic mass is 16.6. The molecule has 0 fully saturated rings. The molecule has 5 N–H and O–H groups in total. The summed E-state index contributed by atoms with van der Waals surface area (Å²) in [6.45, 7) is 7.11. The molecule has 3 atom stereocenters. The van der Waals surface area contributed by atoms with Crippen molar-refractivity contribution in [2.75, 3.05) is 13.7 Å². The van der Waals surface area contributed by atoms with Gasteiger partial charge in [-0.15, -0.1) is 0 Å². The summed E-state index contributed by atoms with van der Waals surface area (Å²) in [4.78, 5) is 34.9. The maximum Gasteiger partial charge on any atom is 0.407 e. The number of carbonyl (C=O) groups excluding carboxylic acids is 3. The van der Waals surface area contributed by atoms with Crippen molar-refractivity contribution in [2.24, 2.45) is 5.73 Å². The first kappa shape index (κ1) is 23.1. The smallest absolute Gasteiger partial charge is 0.407 e. The van der Waals surface area contributed by atoms with Crippen LogP contribution in [0.4, 0.5) is 4.79 Å². The summed E-state index contributed by atoms with van der Waals surface area (Å²) < 4.78 is 9.61. The molecular weight excluding hydrogens is 330 g/mol.